The van der Waals surface area contributed by atoms with E-state index in [-0.39, 0.29) is 5.91 Å². The fourth-order valence-electron chi connectivity index (χ4n) is 2.77. The second-order valence-electron chi connectivity index (χ2n) is 4.83. The number of aromatic nitrogens is 1. The normalized spacial score (nSPS) is 22.8. The number of rotatable bonds is 0. The van der Waals surface area contributed by atoms with Crippen molar-refractivity contribution in [1.29, 1.82) is 0 Å². The number of benzene rings is 1. The van der Waals surface area contributed by atoms with Gasteiger partial charge in [0.25, 0.3) is 5.91 Å². The Morgan fingerprint density at radius 3 is 3.16 bits per heavy atom. The number of pyridine rings is 1. The Bertz CT molecular complexity index is 714. The molecule has 5 nitrogen and oxygen atoms in total. The molecule has 3 heterocycles. The van der Waals surface area contributed by atoms with Crippen LogP contribution in [0.5, 0.6) is 5.75 Å². The molecule has 4 rings (SSSR count). The maximum atomic E-state index is 12.3. The minimum atomic E-state index is -0.986. The standard InChI is InChI=1S/C14H11N3O2/c15-9-3-4-11-8(6-9)7-14(19-11)10-2-1-5-16-12(10)17-13(14)18/h1-6H,7,15H2,(H,16,17,18). The number of fused-ring (bicyclic) bond motifs is 3. The van der Waals surface area contributed by atoms with Crippen molar-refractivity contribution < 1.29 is 9.53 Å². The van der Waals surface area contributed by atoms with Crippen LogP contribution in [0.2, 0.25) is 0 Å². The molecule has 1 aromatic carbocycles. The largest absolute Gasteiger partial charge is 0.472 e. The highest BCUT2D eigenvalue weighted by atomic mass is 16.5. The van der Waals surface area contributed by atoms with E-state index < -0.39 is 5.60 Å². The second-order valence-corrected chi connectivity index (χ2v) is 4.83. The first-order valence-corrected chi connectivity index (χ1v) is 6.03. The molecule has 1 atom stereocenters. The van der Waals surface area contributed by atoms with Crippen LogP contribution in [-0.2, 0) is 16.8 Å². The van der Waals surface area contributed by atoms with Gasteiger partial charge in [-0.15, -0.1) is 0 Å². The lowest BCUT2D eigenvalue weighted by molar-refractivity contribution is -0.129. The molecule has 0 saturated heterocycles. The summed E-state index contributed by atoms with van der Waals surface area (Å²) >= 11 is 0. The predicted octanol–water partition coefficient (Wildman–Crippen LogP) is 1.45. The summed E-state index contributed by atoms with van der Waals surface area (Å²) in [6, 6.07) is 9.11. The van der Waals surface area contributed by atoms with E-state index in [0.717, 1.165) is 11.1 Å². The van der Waals surface area contributed by atoms with Crippen LogP contribution in [0.3, 0.4) is 0 Å². The van der Waals surface area contributed by atoms with Crippen LogP contribution in [0, 0.1) is 0 Å². The molecule has 2 aliphatic heterocycles. The third-order valence-electron chi connectivity index (χ3n) is 3.65. The van der Waals surface area contributed by atoms with Gasteiger partial charge in [0.1, 0.15) is 11.6 Å². The van der Waals surface area contributed by atoms with Crippen molar-refractivity contribution in [3.05, 3.63) is 47.7 Å². The monoisotopic (exact) mass is 253 g/mol. The zero-order valence-electron chi connectivity index (χ0n) is 10.0. The number of hydrogen-bond acceptors (Lipinski definition) is 4. The number of nitrogens with one attached hydrogen (secondary N) is 1. The molecule has 0 saturated carbocycles. The van der Waals surface area contributed by atoms with E-state index in [2.05, 4.69) is 10.3 Å². The molecule has 0 bridgehead atoms. The summed E-state index contributed by atoms with van der Waals surface area (Å²) in [5.74, 6) is 1.12. The van der Waals surface area contributed by atoms with Gasteiger partial charge in [0.05, 0.1) is 0 Å². The highest BCUT2D eigenvalue weighted by Crippen LogP contribution is 2.47. The van der Waals surface area contributed by atoms with Gasteiger partial charge in [-0.1, -0.05) is 0 Å². The van der Waals surface area contributed by atoms with E-state index in [9.17, 15) is 4.79 Å². The van der Waals surface area contributed by atoms with Crippen LogP contribution in [0.15, 0.2) is 36.5 Å². The summed E-state index contributed by atoms with van der Waals surface area (Å²) < 4.78 is 5.94. The SMILES string of the molecule is Nc1ccc2c(c1)CC1(O2)C(=O)Nc2ncccc21. The number of carbonyl (C=O) groups is 1. The summed E-state index contributed by atoms with van der Waals surface area (Å²) in [5.41, 5.74) is 7.20. The second kappa shape index (κ2) is 3.26. The number of nitrogens with zero attached hydrogens (tertiary/aromatic N) is 1. The van der Waals surface area contributed by atoms with Gasteiger partial charge in [-0.25, -0.2) is 4.98 Å². The van der Waals surface area contributed by atoms with E-state index in [1.165, 1.54) is 0 Å². The molecule has 0 radical (unpaired) electrons. The van der Waals surface area contributed by atoms with Gasteiger partial charge in [-0.05, 0) is 30.3 Å². The van der Waals surface area contributed by atoms with Crippen LogP contribution in [0.4, 0.5) is 11.5 Å². The van der Waals surface area contributed by atoms with E-state index in [4.69, 9.17) is 10.5 Å². The van der Waals surface area contributed by atoms with Crippen molar-refractivity contribution in [2.24, 2.45) is 0 Å². The van der Waals surface area contributed by atoms with Crippen molar-refractivity contribution in [2.45, 2.75) is 12.0 Å². The van der Waals surface area contributed by atoms with Crippen LogP contribution in [-0.4, -0.2) is 10.9 Å². The van der Waals surface area contributed by atoms with Crippen LogP contribution in [0.1, 0.15) is 11.1 Å². The number of hydrogen-bond donors (Lipinski definition) is 2. The van der Waals surface area contributed by atoms with Gasteiger partial charge in [0.15, 0.2) is 0 Å². The molecule has 2 aromatic rings. The van der Waals surface area contributed by atoms with Crippen molar-refractivity contribution in [1.82, 2.24) is 4.98 Å². The van der Waals surface area contributed by atoms with Crippen LogP contribution >= 0.6 is 0 Å². The third kappa shape index (κ3) is 1.24. The molecule has 0 aliphatic carbocycles. The predicted molar refractivity (Wildman–Crippen MR) is 69.7 cm³/mol. The maximum absolute atomic E-state index is 12.3. The average molecular weight is 253 g/mol. The fraction of sp³-hybridized carbons (Fsp3) is 0.143. The van der Waals surface area contributed by atoms with Gasteiger partial charge >= 0.3 is 0 Å². The molecule has 1 unspecified atom stereocenters. The smallest absolute Gasteiger partial charge is 0.274 e. The molecule has 94 valence electrons. The zero-order chi connectivity index (χ0) is 13.0. The first kappa shape index (κ1) is 10.4. The van der Waals surface area contributed by atoms with Crippen molar-refractivity contribution in [3.63, 3.8) is 0 Å². The number of carbonyl (C=O) groups excluding carboxylic acids is 1. The quantitative estimate of drug-likeness (QED) is 0.696. The van der Waals surface area contributed by atoms with Gasteiger partial charge in [-0.2, -0.15) is 0 Å². The first-order chi connectivity index (χ1) is 9.19. The van der Waals surface area contributed by atoms with E-state index in [1.54, 1.807) is 18.3 Å². The number of nitrogen functional groups attached to an aromatic ring is 1. The molecule has 5 heteroatoms. The Morgan fingerprint density at radius 2 is 2.26 bits per heavy atom. The lowest BCUT2D eigenvalue weighted by Crippen LogP contribution is -2.38. The van der Waals surface area contributed by atoms with E-state index in [0.29, 0.717) is 23.7 Å². The molecular weight excluding hydrogens is 242 g/mol. The van der Waals surface area contributed by atoms with Gasteiger partial charge in [0.2, 0.25) is 5.60 Å². The summed E-state index contributed by atoms with van der Waals surface area (Å²) in [7, 11) is 0. The summed E-state index contributed by atoms with van der Waals surface area (Å²) in [6.07, 6.45) is 2.14. The Labute approximate surface area is 109 Å². The Hall–Kier alpha value is -2.56. The molecule has 1 spiro atoms. The van der Waals surface area contributed by atoms with Crippen molar-refractivity contribution in [3.8, 4) is 5.75 Å². The number of anilines is 2. The number of nitrogens with two attached hydrogens (primary N) is 1. The third-order valence-corrected chi connectivity index (χ3v) is 3.65. The average Bonchev–Trinajstić information content (AvgIpc) is 2.90. The lowest BCUT2D eigenvalue weighted by Gasteiger charge is -2.20. The summed E-state index contributed by atoms with van der Waals surface area (Å²) in [4.78, 5) is 16.5. The van der Waals surface area contributed by atoms with E-state index >= 15 is 0 Å². The fourth-order valence-corrected chi connectivity index (χ4v) is 2.77. The van der Waals surface area contributed by atoms with Crippen LogP contribution in [0.25, 0.3) is 0 Å². The Morgan fingerprint density at radius 1 is 1.37 bits per heavy atom. The molecule has 1 aromatic heterocycles. The molecule has 0 fully saturated rings. The first-order valence-electron chi connectivity index (χ1n) is 6.03. The van der Waals surface area contributed by atoms with Crippen LogP contribution < -0.4 is 15.8 Å². The topological polar surface area (TPSA) is 77.2 Å². The minimum absolute atomic E-state index is 0.170. The maximum Gasteiger partial charge on any atom is 0.274 e. The molecule has 2 aliphatic rings. The van der Waals surface area contributed by atoms with E-state index in [1.807, 2.05) is 18.2 Å². The van der Waals surface area contributed by atoms with Gasteiger partial charge in [0, 0.05) is 29.4 Å². The summed E-state index contributed by atoms with van der Waals surface area (Å²) in [5, 5.41) is 2.77. The molecular formula is C14H11N3O2. The molecule has 19 heavy (non-hydrogen) atoms. The highest BCUT2D eigenvalue weighted by molar-refractivity contribution is 6.05. The Kier molecular flexibility index (Phi) is 1.78. The van der Waals surface area contributed by atoms with Gasteiger partial charge in [-0.3, -0.25) is 4.79 Å². The number of amides is 1. The zero-order valence-corrected chi connectivity index (χ0v) is 10.0. The molecule has 1 amide bonds. The molecule has 3 N–H and O–H groups in total. The van der Waals surface area contributed by atoms with Gasteiger partial charge < -0.3 is 15.8 Å². The number of ether oxygens (including phenoxy) is 1. The lowest BCUT2D eigenvalue weighted by atomic mass is 9.91. The van der Waals surface area contributed by atoms with Crippen molar-refractivity contribution >= 4 is 17.4 Å². The Balaban J connectivity index is 1.88. The highest BCUT2D eigenvalue weighted by Gasteiger charge is 2.53. The van der Waals surface area contributed by atoms with Crippen molar-refractivity contribution in [2.75, 3.05) is 11.1 Å². The minimum Gasteiger partial charge on any atom is -0.472 e. The summed E-state index contributed by atoms with van der Waals surface area (Å²) in [6.45, 7) is 0.